The molecule has 3 heteroatoms. The first-order valence-corrected chi connectivity index (χ1v) is 9.77. The number of likely N-dealkylation sites (tertiary alicyclic amines) is 1. The van der Waals surface area contributed by atoms with Crippen molar-refractivity contribution in [2.24, 2.45) is 5.92 Å². The first-order valence-electron chi connectivity index (χ1n) is 8.96. The molecule has 0 amide bonds. The van der Waals surface area contributed by atoms with Crippen LogP contribution >= 0.6 is 11.8 Å². The third-order valence-electron chi connectivity index (χ3n) is 5.22. The smallest absolute Gasteiger partial charge is 0.0558 e. The zero-order valence-electron chi connectivity index (χ0n) is 14.9. The first kappa shape index (κ1) is 16.0. The van der Waals surface area contributed by atoms with Gasteiger partial charge in [0.1, 0.15) is 0 Å². The number of nitrogens with zero attached hydrogens (tertiary/aromatic N) is 2. The Labute approximate surface area is 149 Å². The van der Waals surface area contributed by atoms with Crippen LogP contribution in [0.4, 0.5) is 11.4 Å². The van der Waals surface area contributed by atoms with Gasteiger partial charge < -0.3 is 9.80 Å². The first-order chi connectivity index (χ1) is 11.6. The van der Waals surface area contributed by atoms with E-state index in [1.54, 1.807) is 0 Å². The average Bonchev–Trinajstić information content (AvgIpc) is 2.56. The zero-order chi connectivity index (χ0) is 16.7. The maximum atomic E-state index is 2.59. The summed E-state index contributed by atoms with van der Waals surface area (Å²) in [5, 5.41) is 0. The van der Waals surface area contributed by atoms with E-state index < -0.39 is 0 Å². The molecule has 0 bridgehead atoms. The van der Waals surface area contributed by atoms with Crippen LogP contribution in [0.25, 0.3) is 0 Å². The highest BCUT2D eigenvalue weighted by molar-refractivity contribution is 7.99. The van der Waals surface area contributed by atoms with E-state index in [9.17, 15) is 0 Å². The second-order valence-corrected chi connectivity index (χ2v) is 8.43. The monoisotopic (exact) mass is 338 g/mol. The summed E-state index contributed by atoms with van der Waals surface area (Å²) in [5.41, 5.74) is 5.55. The molecule has 2 aliphatic rings. The van der Waals surface area contributed by atoms with Gasteiger partial charge in [0.2, 0.25) is 0 Å². The van der Waals surface area contributed by atoms with Crippen molar-refractivity contribution in [2.45, 2.75) is 36.5 Å². The molecule has 1 fully saturated rings. The van der Waals surface area contributed by atoms with Crippen LogP contribution in [0.5, 0.6) is 0 Å². The Morgan fingerprint density at radius 3 is 2.79 bits per heavy atom. The molecule has 2 aromatic rings. The van der Waals surface area contributed by atoms with Crippen LogP contribution < -0.4 is 4.90 Å². The number of fused-ring (bicyclic) bond motifs is 2. The van der Waals surface area contributed by atoms with Crippen molar-refractivity contribution < 1.29 is 0 Å². The summed E-state index contributed by atoms with van der Waals surface area (Å²) in [5.74, 6) is 0.744. The average molecular weight is 339 g/mol. The van der Waals surface area contributed by atoms with Gasteiger partial charge in [-0.3, -0.25) is 0 Å². The molecule has 2 aliphatic heterocycles. The lowest BCUT2D eigenvalue weighted by Crippen LogP contribution is -2.38. The molecule has 0 saturated carbocycles. The summed E-state index contributed by atoms with van der Waals surface area (Å²) < 4.78 is 0. The van der Waals surface area contributed by atoms with Crippen molar-refractivity contribution in [1.29, 1.82) is 0 Å². The molecule has 4 rings (SSSR count). The zero-order valence-corrected chi connectivity index (χ0v) is 15.7. The summed E-state index contributed by atoms with van der Waals surface area (Å²) in [7, 11) is 2.26. The largest absolute Gasteiger partial charge is 0.339 e. The fraction of sp³-hybridized carbons (Fsp3) is 0.429. The number of anilines is 2. The Bertz CT molecular complexity index is 755. The second-order valence-electron chi connectivity index (χ2n) is 7.38. The van der Waals surface area contributed by atoms with E-state index in [2.05, 4.69) is 67.1 Å². The molecule has 1 unspecified atom stereocenters. The van der Waals surface area contributed by atoms with Gasteiger partial charge in [-0.15, -0.1) is 0 Å². The number of rotatable bonds is 2. The molecule has 1 saturated heterocycles. The fourth-order valence-electron chi connectivity index (χ4n) is 4.15. The quantitative estimate of drug-likeness (QED) is 0.738. The lowest BCUT2D eigenvalue weighted by Gasteiger charge is -2.38. The normalized spacial score (nSPS) is 20.6. The molecule has 2 heterocycles. The minimum absolute atomic E-state index is 0.744. The number of piperidine rings is 1. The molecule has 0 spiro atoms. The van der Waals surface area contributed by atoms with Gasteiger partial charge in [0.25, 0.3) is 0 Å². The van der Waals surface area contributed by atoms with Crippen LogP contribution in [0.15, 0.2) is 46.2 Å². The topological polar surface area (TPSA) is 6.48 Å². The highest BCUT2D eigenvalue weighted by Crippen LogP contribution is 2.50. The highest BCUT2D eigenvalue weighted by atomic mass is 32.2. The molecule has 24 heavy (non-hydrogen) atoms. The van der Waals surface area contributed by atoms with Gasteiger partial charge in [0.05, 0.1) is 11.4 Å². The van der Waals surface area contributed by atoms with Crippen molar-refractivity contribution in [3.05, 3.63) is 47.5 Å². The van der Waals surface area contributed by atoms with E-state index in [0.29, 0.717) is 0 Å². The third kappa shape index (κ3) is 2.96. The van der Waals surface area contributed by atoms with Crippen LogP contribution in [-0.4, -0.2) is 31.6 Å². The maximum absolute atomic E-state index is 2.59. The highest BCUT2D eigenvalue weighted by Gasteiger charge is 2.28. The Morgan fingerprint density at radius 2 is 1.96 bits per heavy atom. The van der Waals surface area contributed by atoms with Gasteiger partial charge in [-0.25, -0.2) is 0 Å². The van der Waals surface area contributed by atoms with E-state index in [4.69, 9.17) is 0 Å². The summed E-state index contributed by atoms with van der Waals surface area (Å²) in [4.78, 5) is 7.90. The Hall–Kier alpha value is -1.45. The number of hydrogen-bond donors (Lipinski definition) is 0. The number of aryl methyl sites for hydroxylation is 2. The van der Waals surface area contributed by atoms with Gasteiger partial charge in [0, 0.05) is 22.9 Å². The van der Waals surface area contributed by atoms with Crippen molar-refractivity contribution in [1.82, 2.24) is 4.90 Å². The molecule has 2 nitrogen and oxygen atoms in total. The number of para-hydroxylation sites is 1. The predicted molar refractivity (Wildman–Crippen MR) is 104 cm³/mol. The Morgan fingerprint density at radius 1 is 1.12 bits per heavy atom. The molecule has 2 aromatic carbocycles. The molecule has 126 valence electrons. The van der Waals surface area contributed by atoms with Crippen LogP contribution in [0, 0.1) is 19.8 Å². The van der Waals surface area contributed by atoms with Gasteiger partial charge in [-0.1, -0.05) is 30.0 Å². The molecule has 0 aliphatic carbocycles. The standard InChI is InChI=1S/C21H26N2S/c1-15-11-16(2)21-19(12-15)23(14-17-7-6-10-22(3)13-17)18-8-4-5-9-20(18)24-21/h4-5,8-9,11-12,17H,6-7,10,13-14H2,1-3H3. The van der Waals surface area contributed by atoms with Crippen LogP contribution in [0.2, 0.25) is 0 Å². The third-order valence-corrected chi connectivity index (χ3v) is 6.52. The van der Waals surface area contributed by atoms with Crippen molar-refractivity contribution in [2.75, 3.05) is 31.6 Å². The molecular formula is C21H26N2S. The predicted octanol–water partition coefficient (Wildman–Crippen LogP) is 5.25. The molecule has 0 radical (unpaired) electrons. The maximum Gasteiger partial charge on any atom is 0.0558 e. The minimum atomic E-state index is 0.744. The van der Waals surface area contributed by atoms with Crippen molar-refractivity contribution in [3.63, 3.8) is 0 Å². The van der Waals surface area contributed by atoms with Gasteiger partial charge >= 0.3 is 0 Å². The molecule has 0 aromatic heterocycles. The summed E-state index contributed by atoms with van der Waals surface area (Å²) in [6.07, 6.45) is 2.67. The fourth-order valence-corrected chi connectivity index (χ4v) is 5.29. The van der Waals surface area contributed by atoms with Crippen LogP contribution in [-0.2, 0) is 0 Å². The van der Waals surface area contributed by atoms with Crippen molar-refractivity contribution in [3.8, 4) is 0 Å². The Kier molecular flexibility index (Phi) is 4.31. The van der Waals surface area contributed by atoms with E-state index in [-0.39, 0.29) is 0 Å². The van der Waals surface area contributed by atoms with Crippen LogP contribution in [0.3, 0.4) is 0 Å². The molecular weight excluding hydrogens is 312 g/mol. The second kappa shape index (κ2) is 6.45. The van der Waals surface area contributed by atoms with Gasteiger partial charge in [-0.05, 0) is 75.5 Å². The van der Waals surface area contributed by atoms with Gasteiger partial charge in [0.15, 0.2) is 0 Å². The van der Waals surface area contributed by atoms with E-state index in [1.807, 2.05) is 11.8 Å². The summed E-state index contributed by atoms with van der Waals surface area (Å²) in [6, 6.07) is 13.6. The summed E-state index contributed by atoms with van der Waals surface area (Å²) >= 11 is 1.93. The van der Waals surface area contributed by atoms with E-state index >= 15 is 0 Å². The number of hydrogen-bond acceptors (Lipinski definition) is 3. The molecule has 1 atom stereocenters. The van der Waals surface area contributed by atoms with E-state index in [1.165, 1.54) is 58.2 Å². The van der Waals surface area contributed by atoms with E-state index in [0.717, 1.165) is 12.5 Å². The number of benzene rings is 2. The van der Waals surface area contributed by atoms with Gasteiger partial charge in [-0.2, -0.15) is 0 Å². The van der Waals surface area contributed by atoms with Crippen LogP contribution in [0.1, 0.15) is 24.0 Å². The lowest BCUT2D eigenvalue weighted by atomic mass is 9.97. The SMILES string of the molecule is Cc1cc(C)c2c(c1)N(CC1CCCN(C)C1)c1ccccc1S2. The minimum Gasteiger partial charge on any atom is -0.339 e. The van der Waals surface area contributed by atoms with Crippen molar-refractivity contribution >= 4 is 23.1 Å². The molecule has 0 N–H and O–H groups in total. The summed E-state index contributed by atoms with van der Waals surface area (Å²) in [6.45, 7) is 8.05. The Balaban J connectivity index is 1.75. The lowest BCUT2D eigenvalue weighted by molar-refractivity contribution is 0.214.